The van der Waals surface area contributed by atoms with Crippen LogP contribution >= 0.6 is 23.4 Å². The molecule has 152 valence electrons. The summed E-state index contributed by atoms with van der Waals surface area (Å²) in [6, 6.07) is 10.8. The lowest BCUT2D eigenvalue weighted by atomic mass is 10.2. The first-order chi connectivity index (χ1) is 14.0. The van der Waals surface area contributed by atoms with E-state index >= 15 is 0 Å². The average molecular weight is 434 g/mol. The molecule has 3 rings (SSSR count). The lowest BCUT2D eigenvalue weighted by Gasteiger charge is -2.13. The Bertz CT molecular complexity index is 990. The number of aromatic nitrogens is 3. The molecule has 8 nitrogen and oxygen atoms in total. The summed E-state index contributed by atoms with van der Waals surface area (Å²) in [4.78, 5) is 23.8. The van der Waals surface area contributed by atoms with Gasteiger partial charge in [0, 0.05) is 24.5 Å². The van der Waals surface area contributed by atoms with Gasteiger partial charge in [-0.3, -0.25) is 14.2 Å². The van der Waals surface area contributed by atoms with Crippen LogP contribution in [0, 0.1) is 0 Å². The number of hydrogen-bond acceptors (Lipinski definition) is 6. The topological polar surface area (TPSA) is 116 Å². The second-order valence-electron chi connectivity index (χ2n) is 6.22. The molecule has 1 unspecified atom stereocenters. The van der Waals surface area contributed by atoms with Crippen molar-refractivity contribution >= 4 is 35.2 Å². The molecule has 0 bridgehead atoms. The van der Waals surface area contributed by atoms with E-state index in [1.807, 2.05) is 18.2 Å². The van der Waals surface area contributed by atoms with Crippen molar-refractivity contribution in [2.45, 2.75) is 36.8 Å². The highest BCUT2D eigenvalue weighted by Gasteiger charge is 2.22. The minimum Gasteiger partial charge on any atom is -0.461 e. The molecule has 0 saturated heterocycles. The van der Waals surface area contributed by atoms with Gasteiger partial charge in [-0.2, -0.15) is 0 Å². The SMILES string of the molecule is CC(Sc1nnc(-c2ccco2)n1CCC(N)=O)C(=O)NCc1ccccc1Cl. The summed E-state index contributed by atoms with van der Waals surface area (Å²) in [7, 11) is 0. The monoisotopic (exact) mass is 433 g/mol. The number of carbonyl (C=O) groups excluding carboxylic acids is 2. The number of nitrogens with one attached hydrogen (secondary N) is 1. The fourth-order valence-electron chi connectivity index (χ4n) is 2.57. The minimum absolute atomic E-state index is 0.117. The van der Waals surface area contributed by atoms with Crippen LogP contribution < -0.4 is 11.1 Å². The minimum atomic E-state index is -0.446. The summed E-state index contributed by atoms with van der Waals surface area (Å²) in [5.41, 5.74) is 6.12. The third-order valence-electron chi connectivity index (χ3n) is 4.10. The Morgan fingerprint density at radius 3 is 2.76 bits per heavy atom. The fourth-order valence-corrected chi connectivity index (χ4v) is 3.67. The lowest BCUT2D eigenvalue weighted by Crippen LogP contribution is -2.30. The number of benzene rings is 1. The van der Waals surface area contributed by atoms with Gasteiger partial charge in [0.15, 0.2) is 16.7 Å². The van der Waals surface area contributed by atoms with Gasteiger partial charge in [0.2, 0.25) is 11.8 Å². The number of primary amides is 1. The largest absolute Gasteiger partial charge is 0.461 e. The number of nitrogens with zero attached hydrogens (tertiary/aromatic N) is 3. The van der Waals surface area contributed by atoms with E-state index in [0.29, 0.717) is 28.3 Å². The number of halogens is 1. The molecule has 3 aromatic rings. The molecular formula is C19H20ClN5O3S. The molecule has 2 aromatic heterocycles. The maximum absolute atomic E-state index is 12.5. The number of furan rings is 1. The number of rotatable bonds is 9. The zero-order chi connectivity index (χ0) is 20.8. The van der Waals surface area contributed by atoms with E-state index in [1.165, 1.54) is 18.0 Å². The van der Waals surface area contributed by atoms with Crippen molar-refractivity contribution in [2.24, 2.45) is 5.73 Å². The molecule has 1 aromatic carbocycles. The first kappa shape index (κ1) is 20.9. The Hall–Kier alpha value is -2.78. The molecule has 2 heterocycles. The van der Waals surface area contributed by atoms with Crippen LogP contribution in [0.15, 0.2) is 52.2 Å². The summed E-state index contributed by atoms with van der Waals surface area (Å²) in [6.07, 6.45) is 1.65. The molecule has 0 spiro atoms. The van der Waals surface area contributed by atoms with Gasteiger partial charge < -0.3 is 15.5 Å². The maximum atomic E-state index is 12.5. The molecule has 0 aliphatic rings. The van der Waals surface area contributed by atoms with Crippen LogP contribution in [0.1, 0.15) is 18.9 Å². The number of hydrogen-bond donors (Lipinski definition) is 2. The molecule has 3 N–H and O–H groups in total. The summed E-state index contributed by atoms with van der Waals surface area (Å²) in [6.45, 7) is 2.39. The molecule has 2 amide bonds. The van der Waals surface area contributed by atoms with Crippen molar-refractivity contribution in [3.8, 4) is 11.6 Å². The van der Waals surface area contributed by atoms with Crippen LogP contribution in [0.5, 0.6) is 0 Å². The molecule has 0 radical (unpaired) electrons. The Labute approximate surface area is 176 Å². The fraction of sp³-hybridized carbons (Fsp3) is 0.263. The second-order valence-corrected chi connectivity index (χ2v) is 7.94. The van der Waals surface area contributed by atoms with Gasteiger partial charge in [-0.1, -0.05) is 41.6 Å². The predicted molar refractivity (Wildman–Crippen MR) is 110 cm³/mol. The number of nitrogens with two attached hydrogens (primary N) is 1. The first-order valence-electron chi connectivity index (χ1n) is 8.89. The average Bonchev–Trinajstić information content (AvgIpc) is 3.35. The van der Waals surface area contributed by atoms with Gasteiger partial charge in [0.05, 0.1) is 11.5 Å². The van der Waals surface area contributed by atoms with Crippen molar-refractivity contribution in [1.29, 1.82) is 0 Å². The van der Waals surface area contributed by atoms with E-state index in [-0.39, 0.29) is 18.9 Å². The van der Waals surface area contributed by atoms with Gasteiger partial charge in [-0.15, -0.1) is 10.2 Å². The van der Waals surface area contributed by atoms with Crippen molar-refractivity contribution in [2.75, 3.05) is 0 Å². The molecule has 29 heavy (non-hydrogen) atoms. The summed E-state index contributed by atoms with van der Waals surface area (Å²) >= 11 is 7.36. The Balaban J connectivity index is 1.70. The Morgan fingerprint density at radius 1 is 1.28 bits per heavy atom. The maximum Gasteiger partial charge on any atom is 0.233 e. The van der Waals surface area contributed by atoms with E-state index in [0.717, 1.165) is 5.56 Å². The molecule has 0 aliphatic carbocycles. The standard InChI is InChI=1S/C19H20ClN5O3S/c1-12(18(27)22-11-13-5-2-3-6-14(13)20)29-19-24-23-17(15-7-4-10-28-15)25(19)9-8-16(21)26/h2-7,10,12H,8-9,11H2,1H3,(H2,21,26)(H,22,27). The Kier molecular flexibility index (Phi) is 6.95. The molecule has 1 atom stereocenters. The quantitative estimate of drug-likeness (QED) is 0.501. The molecule has 0 fully saturated rings. The van der Waals surface area contributed by atoms with Crippen LogP contribution in [0.4, 0.5) is 0 Å². The summed E-state index contributed by atoms with van der Waals surface area (Å²) in [5.74, 6) is 0.386. The number of amides is 2. The zero-order valence-corrected chi connectivity index (χ0v) is 17.2. The Morgan fingerprint density at radius 2 is 2.07 bits per heavy atom. The third kappa shape index (κ3) is 5.39. The van der Waals surface area contributed by atoms with Gasteiger partial charge in [0.1, 0.15) is 0 Å². The van der Waals surface area contributed by atoms with Crippen LogP contribution in [0.25, 0.3) is 11.6 Å². The molecule has 0 saturated carbocycles. The van der Waals surface area contributed by atoms with E-state index in [2.05, 4.69) is 15.5 Å². The zero-order valence-electron chi connectivity index (χ0n) is 15.7. The highest BCUT2D eigenvalue weighted by Crippen LogP contribution is 2.27. The van der Waals surface area contributed by atoms with E-state index in [9.17, 15) is 9.59 Å². The van der Waals surface area contributed by atoms with E-state index in [4.69, 9.17) is 21.8 Å². The molecular weight excluding hydrogens is 414 g/mol. The van der Waals surface area contributed by atoms with Gasteiger partial charge in [0.25, 0.3) is 0 Å². The normalized spacial score (nSPS) is 11.9. The van der Waals surface area contributed by atoms with Crippen molar-refractivity contribution < 1.29 is 14.0 Å². The summed E-state index contributed by atoms with van der Waals surface area (Å²) in [5, 5.41) is 11.8. The van der Waals surface area contributed by atoms with Crippen LogP contribution in [-0.4, -0.2) is 31.8 Å². The third-order valence-corrected chi connectivity index (χ3v) is 5.55. The van der Waals surface area contributed by atoms with E-state index in [1.54, 1.807) is 29.7 Å². The van der Waals surface area contributed by atoms with Gasteiger partial charge in [-0.05, 0) is 30.7 Å². The van der Waals surface area contributed by atoms with Gasteiger partial charge in [-0.25, -0.2) is 0 Å². The van der Waals surface area contributed by atoms with Crippen LogP contribution in [0.3, 0.4) is 0 Å². The van der Waals surface area contributed by atoms with Crippen molar-refractivity contribution in [3.63, 3.8) is 0 Å². The molecule has 10 heteroatoms. The van der Waals surface area contributed by atoms with Crippen LogP contribution in [0.2, 0.25) is 5.02 Å². The smallest absolute Gasteiger partial charge is 0.233 e. The number of thioether (sulfide) groups is 1. The predicted octanol–water partition coefficient (Wildman–Crippen LogP) is 2.86. The first-order valence-corrected chi connectivity index (χ1v) is 10.1. The highest BCUT2D eigenvalue weighted by atomic mass is 35.5. The van der Waals surface area contributed by atoms with Gasteiger partial charge >= 0.3 is 0 Å². The van der Waals surface area contributed by atoms with Crippen LogP contribution in [-0.2, 0) is 22.7 Å². The molecule has 0 aliphatic heterocycles. The van der Waals surface area contributed by atoms with Crippen molar-refractivity contribution in [3.05, 3.63) is 53.2 Å². The summed E-state index contributed by atoms with van der Waals surface area (Å²) < 4.78 is 7.12. The lowest BCUT2D eigenvalue weighted by molar-refractivity contribution is -0.120. The van der Waals surface area contributed by atoms with E-state index < -0.39 is 11.2 Å². The highest BCUT2D eigenvalue weighted by molar-refractivity contribution is 8.00. The second kappa shape index (κ2) is 9.62. The van der Waals surface area contributed by atoms with Crippen molar-refractivity contribution in [1.82, 2.24) is 20.1 Å². The number of carbonyl (C=O) groups is 2.